The van der Waals surface area contributed by atoms with Gasteiger partial charge in [0.25, 0.3) is 11.8 Å². The largest absolute Gasteiger partial charge is 0.340 e. The smallest absolute Gasteiger partial charge is 0.268 e. The lowest BCUT2D eigenvalue weighted by Crippen LogP contribution is -2.48. The van der Waals surface area contributed by atoms with E-state index in [0.29, 0.717) is 11.1 Å². The Hall–Kier alpha value is -3.34. The van der Waals surface area contributed by atoms with Gasteiger partial charge in [-0.3, -0.25) is 14.6 Å². The van der Waals surface area contributed by atoms with E-state index >= 15 is 0 Å². The van der Waals surface area contributed by atoms with Crippen LogP contribution in [0.3, 0.4) is 0 Å². The molecular formula is C20H18F2N4O2. The Morgan fingerprint density at radius 1 is 1.32 bits per heavy atom. The first-order valence-corrected chi connectivity index (χ1v) is 8.70. The average Bonchev–Trinajstić information content (AvgIpc) is 3.02. The average molecular weight is 384 g/mol. The summed E-state index contributed by atoms with van der Waals surface area (Å²) in [5.41, 5.74) is 1.68. The summed E-state index contributed by atoms with van der Waals surface area (Å²) in [4.78, 5) is 30.1. The predicted molar refractivity (Wildman–Crippen MR) is 97.3 cm³/mol. The summed E-state index contributed by atoms with van der Waals surface area (Å²) >= 11 is 0. The molecule has 3 rings (SSSR count). The van der Waals surface area contributed by atoms with Gasteiger partial charge in [-0.2, -0.15) is 5.26 Å². The molecule has 0 bridgehead atoms. The van der Waals surface area contributed by atoms with Crippen LogP contribution in [0, 0.1) is 11.3 Å². The fourth-order valence-corrected chi connectivity index (χ4v) is 3.19. The Balaban J connectivity index is 1.77. The van der Waals surface area contributed by atoms with E-state index in [1.165, 1.54) is 19.2 Å². The van der Waals surface area contributed by atoms with E-state index in [9.17, 15) is 18.4 Å². The number of carbonyl (C=O) groups excluding carboxylic acids is 2. The second-order valence-electron chi connectivity index (χ2n) is 6.65. The fraction of sp³-hybridized carbons (Fsp3) is 0.300. The van der Waals surface area contributed by atoms with Crippen LogP contribution in [0.1, 0.15) is 23.7 Å². The molecule has 2 aromatic rings. The zero-order valence-electron chi connectivity index (χ0n) is 15.1. The van der Waals surface area contributed by atoms with Crippen molar-refractivity contribution in [3.8, 4) is 17.2 Å². The van der Waals surface area contributed by atoms with Crippen molar-refractivity contribution in [1.29, 1.82) is 5.26 Å². The van der Waals surface area contributed by atoms with Crippen molar-refractivity contribution in [2.75, 3.05) is 6.54 Å². The van der Waals surface area contributed by atoms with E-state index in [4.69, 9.17) is 5.26 Å². The van der Waals surface area contributed by atoms with Crippen LogP contribution >= 0.6 is 0 Å². The molecule has 1 N–H and O–H groups in total. The second kappa shape index (κ2) is 7.72. The number of likely N-dealkylation sites (tertiary alicyclic amines) is 1. The normalized spacial score (nSPS) is 18.9. The Morgan fingerprint density at radius 3 is 2.71 bits per heavy atom. The lowest BCUT2D eigenvalue weighted by Gasteiger charge is -2.24. The number of rotatable bonds is 4. The molecule has 0 radical (unpaired) electrons. The molecule has 1 saturated heterocycles. The van der Waals surface area contributed by atoms with E-state index < -0.39 is 42.8 Å². The summed E-state index contributed by atoms with van der Waals surface area (Å²) in [5.74, 6) is -4.35. The molecule has 0 saturated carbocycles. The van der Waals surface area contributed by atoms with E-state index in [-0.39, 0.29) is 0 Å². The minimum atomic E-state index is -3.11. The predicted octanol–water partition coefficient (Wildman–Crippen LogP) is 2.63. The Kier molecular flexibility index (Phi) is 5.36. The van der Waals surface area contributed by atoms with Gasteiger partial charge >= 0.3 is 0 Å². The standard InChI is InChI=1S/C20H18F2N4O2/c1-13(19(28)26-12-20(21,22)9-15(26)10-23)25-18(27)16-7-8-24-11-17(16)14-5-3-2-4-6-14/h2-8,11,13,15H,9,12H2,1H3,(H,25,27)/t13-,15+/m1/s1. The van der Waals surface area contributed by atoms with Gasteiger partial charge < -0.3 is 10.2 Å². The second-order valence-corrected chi connectivity index (χ2v) is 6.65. The molecule has 1 aromatic heterocycles. The van der Waals surface area contributed by atoms with E-state index in [2.05, 4.69) is 10.3 Å². The van der Waals surface area contributed by atoms with Gasteiger partial charge in [0.05, 0.1) is 18.2 Å². The first-order valence-electron chi connectivity index (χ1n) is 8.70. The maximum Gasteiger partial charge on any atom is 0.268 e. The third-order valence-corrected chi connectivity index (χ3v) is 4.57. The zero-order chi connectivity index (χ0) is 20.3. The van der Waals surface area contributed by atoms with Crippen LogP contribution in [0.5, 0.6) is 0 Å². The molecule has 6 nitrogen and oxygen atoms in total. The topological polar surface area (TPSA) is 86.1 Å². The van der Waals surface area contributed by atoms with Gasteiger partial charge in [0.2, 0.25) is 5.91 Å². The third kappa shape index (κ3) is 3.98. The number of nitrogens with zero attached hydrogens (tertiary/aromatic N) is 3. The number of benzene rings is 1. The third-order valence-electron chi connectivity index (χ3n) is 4.57. The van der Waals surface area contributed by atoms with Crippen LogP contribution in [0.25, 0.3) is 11.1 Å². The van der Waals surface area contributed by atoms with Gasteiger partial charge in [-0.15, -0.1) is 0 Å². The lowest BCUT2D eigenvalue weighted by molar-refractivity contribution is -0.134. The molecule has 1 aromatic carbocycles. The van der Waals surface area contributed by atoms with E-state index in [1.807, 2.05) is 30.3 Å². The number of amides is 2. The van der Waals surface area contributed by atoms with Gasteiger partial charge in [-0.25, -0.2) is 8.78 Å². The fourth-order valence-electron chi connectivity index (χ4n) is 3.19. The highest BCUT2D eigenvalue weighted by atomic mass is 19.3. The molecule has 1 aliphatic rings. The number of halogens is 2. The van der Waals surface area contributed by atoms with Crippen molar-refractivity contribution in [2.45, 2.75) is 31.4 Å². The van der Waals surface area contributed by atoms with Crippen LogP contribution in [0.4, 0.5) is 8.78 Å². The number of aromatic nitrogens is 1. The van der Waals surface area contributed by atoms with Gasteiger partial charge in [0.1, 0.15) is 12.1 Å². The van der Waals surface area contributed by atoms with E-state index in [0.717, 1.165) is 10.5 Å². The van der Waals surface area contributed by atoms with Crippen LogP contribution in [0.15, 0.2) is 48.8 Å². The van der Waals surface area contributed by atoms with Crippen LogP contribution in [0.2, 0.25) is 0 Å². The highest BCUT2D eigenvalue weighted by Crippen LogP contribution is 2.32. The number of carbonyl (C=O) groups is 2. The minimum absolute atomic E-state index is 0.310. The van der Waals surface area contributed by atoms with Crippen molar-refractivity contribution in [3.63, 3.8) is 0 Å². The van der Waals surface area contributed by atoms with Crippen LogP contribution in [-0.2, 0) is 4.79 Å². The highest BCUT2D eigenvalue weighted by Gasteiger charge is 2.48. The molecule has 1 aliphatic heterocycles. The summed E-state index contributed by atoms with van der Waals surface area (Å²) in [6.07, 6.45) is 2.31. The maximum atomic E-state index is 13.6. The van der Waals surface area contributed by atoms with Crippen LogP contribution < -0.4 is 5.32 Å². The first kappa shape index (κ1) is 19.4. The molecule has 8 heteroatoms. The number of nitriles is 1. The summed E-state index contributed by atoms with van der Waals surface area (Å²) < 4.78 is 27.2. The molecule has 1 fully saturated rings. The van der Waals surface area contributed by atoms with Crippen molar-refractivity contribution in [2.24, 2.45) is 0 Å². The Morgan fingerprint density at radius 2 is 2.04 bits per heavy atom. The molecule has 2 heterocycles. The van der Waals surface area contributed by atoms with Crippen LogP contribution in [-0.4, -0.2) is 46.2 Å². The van der Waals surface area contributed by atoms with Gasteiger partial charge in [0, 0.05) is 24.4 Å². The number of alkyl halides is 2. The summed E-state index contributed by atoms with van der Waals surface area (Å²) in [7, 11) is 0. The molecule has 28 heavy (non-hydrogen) atoms. The van der Waals surface area contributed by atoms with Crippen molar-refractivity contribution in [3.05, 3.63) is 54.4 Å². The monoisotopic (exact) mass is 384 g/mol. The Bertz CT molecular complexity index is 927. The molecule has 0 unspecified atom stereocenters. The van der Waals surface area contributed by atoms with Crippen molar-refractivity contribution < 1.29 is 18.4 Å². The maximum absolute atomic E-state index is 13.6. The summed E-state index contributed by atoms with van der Waals surface area (Å²) in [5, 5.41) is 11.6. The molecule has 2 amide bonds. The zero-order valence-corrected chi connectivity index (χ0v) is 15.1. The number of hydrogen-bond acceptors (Lipinski definition) is 4. The van der Waals surface area contributed by atoms with Crippen molar-refractivity contribution >= 4 is 11.8 Å². The number of pyridine rings is 1. The molecule has 0 spiro atoms. The van der Waals surface area contributed by atoms with Gasteiger partial charge in [-0.1, -0.05) is 30.3 Å². The highest BCUT2D eigenvalue weighted by molar-refractivity contribution is 6.02. The van der Waals surface area contributed by atoms with Gasteiger partial charge in [-0.05, 0) is 18.6 Å². The van der Waals surface area contributed by atoms with Gasteiger partial charge in [0.15, 0.2) is 0 Å². The molecule has 144 valence electrons. The molecule has 0 aliphatic carbocycles. The molecule has 2 atom stereocenters. The SMILES string of the molecule is C[C@@H](NC(=O)c1ccncc1-c1ccccc1)C(=O)N1CC(F)(F)C[C@H]1C#N. The quantitative estimate of drug-likeness (QED) is 0.878. The minimum Gasteiger partial charge on any atom is -0.340 e. The molecular weight excluding hydrogens is 366 g/mol. The number of hydrogen-bond donors (Lipinski definition) is 1. The summed E-state index contributed by atoms with van der Waals surface area (Å²) in [6, 6.07) is 10.1. The van der Waals surface area contributed by atoms with E-state index in [1.54, 1.807) is 12.3 Å². The van der Waals surface area contributed by atoms with Crippen molar-refractivity contribution in [1.82, 2.24) is 15.2 Å². The Labute approximate surface area is 160 Å². The summed E-state index contributed by atoms with van der Waals surface area (Å²) in [6.45, 7) is 0.587. The number of nitrogens with one attached hydrogen (secondary N) is 1. The first-order chi connectivity index (χ1) is 13.3. The lowest BCUT2D eigenvalue weighted by atomic mass is 10.0.